The lowest BCUT2D eigenvalue weighted by atomic mass is 10.1. The van der Waals surface area contributed by atoms with Crippen LogP contribution in [0.25, 0.3) is 0 Å². The SMILES string of the molecule is CCNC(=NCc1cc(C)ccc1OC(F)F)NCC(O)COCC(C)C. The van der Waals surface area contributed by atoms with Crippen LogP contribution in [-0.4, -0.2) is 50.1 Å². The quantitative estimate of drug-likeness (QED) is 0.402. The second kappa shape index (κ2) is 12.5. The van der Waals surface area contributed by atoms with Gasteiger partial charge in [-0.25, -0.2) is 4.99 Å². The summed E-state index contributed by atoms with van der Waals surface area (Å²) >= 11 is 0. The van der Waals surface area contributed by atoms with Crippen molar-refractivity contribution in [1.29, 1.82) is 0 Å². The summed E-state index contributed by atoms with van der Waals surface area (Å²) in [5.41, 5.74) is 1.49. The number of aryl methyl sites for hydroxylation is 1. The first-order valence-corrected chi connectivity index (χ1v) is 9.14. The van der Waals surface area contributed by atoms with Crippen LogP contribution in [0.15, 0.2) is 23.2 Å². The van der Waals surface area contributed by atoms with Gasteiger partial charge in [0.2, 0.25) is 0 Å². The van der Waals surface area contributed by atoms with E-state index in [9.17, 15) is 13.9 Å². The maximum absolute atomic E-state index is 12.6. The van der Waals surface area contributed by atoms with E-state index in [-0.39, 0.29) is 25.4 Å². The fourth-order valence-electron chi connectivity index (χ4n) is 2.26. The number of halogens is 2. The summed E-state index contributed by atoms with van der Waals surface area (Å²) in [6.45, 7) is 6.85. The number of aliphatic imine (C=N–C) groups is 1. The largest absolute Gasteiger partial charge is 0.434 e. The molecule has 0 saturated carbocycles. The first kappa shape index (κ1) is 23.1. The van der Waals surface area contributed by atoms with E-state index in [1.165, 1.54) is 6.07 Å². The van der Waals surface area contributed by atoms with Gasteiger partial charge in [-0.15, -0.1) is 0 Å². The van der Waals surface area contributed by atoms with E-state index in [0.29, 0.717) is 30.6 Å². The highest BCUT2D eigenvalue weighted by Crippen LogP contribution is 2.22. The van der Waals surface area contributed by atoms with Crippen molar-refractivity contribution >= 4 is 5.96 Å². The highest BCUT2D eigenvalue weighted by molar-refractivity contribution is 5.79. The average molecular weight is 387 g/mol. The third-order valence-corrected chi connectivity index (χ3v) is 3.45. The Morgan fingerprint density at radius 1 is 1.22 bits per heavy atom. The highest BCUT2D eigenvalue weighted by atomic mass is 19.3. The number of alkyl halides is 2. The van der Waals surface area contributed by atoms with Crippen LogP contribution in [0, 0.1) is 12.8 Å². The standard InChI is InChI=1S/C19H31F2N3O3/c1-5-22-19(24-10-16(25)12-26-11-13(2)3)23-9-15-8-14(4)6-7-17(15)27-18(20)21/h6-8,13,16,18,25H,5,9-12H2,1-4H3,(H2,22,23,24). The third kappa shape index (κ3) is 10.1. The summed E-state index contributed by atoms with van der Waals surface area (Å²) in [6, 6.07) is 4.99. The molecule has 0 amide bonds. The van der Waals surface area contributed by atoms with Crippen molar-refractivity contribution in [1.82, 2.24) is 10.6 Å². The minimum absolute atomic E-state index is 0.109. The van der Waals surface area contributed by atoms with Crippen molar-refractivity contribution in [2.24, 2.45) is 10.9 Å². The van der Waals surface area contributed by atoms with Gasteiger partial charge in [-0.2, -0.15) is 8.78 Å². The number of aliphatic hydroxyl groups is 1. The van der Waals surface area contributed by atoms with E-state index in [2.05, 4.69) is 20.4 Å². The van der Waals surface area contributed by atoms with Gasteiger partial charge in [0.05, 0.1) is 19.3 Å². The highest BCUT2D eigenvalue weighted by Gasteiger charge is 2.11. The molecule has 0 saturated heterocycles. The van der Waals surface area contributed by atoms with Crippen LogP contribution in [0.2, 0.25) is 0 Å². The van der Waals surface area contributed by atoms with Gasteiger partial charge in [-0.05, 0) is 25.8 Å². The van der Waals surface area contributed by atoms with Gasteiger partial charge in [0, 0.05) is 25.3 Å². The number of nitrogens with zero attached hydrogens (tertiary/aromatic N) is 1. The lowest BCUT2D eigenvalue weighted by Crippen LogP contribution is -2.42. The molecule has 0 aromatic heterocycles. The van der Waals surface area contributed by atoms with Gasteiger partial charge < -0.3 is 25.2 Å². The lowest BCUT2D eigenvalue weighted by Gasteiger charge is -2.16. The molecule has 27 heavy (non-hydrogen) atoms. The van der Waals surface area contributed by atoms with Crippen LogP contribution in [0.1, 0.15) is 31.9 Å². The summed E-state index contributed by atoms with van der Waals surface area (Å²) in [7, 11) is 0. The van der Waals surface area contributed by atoms with Crippen LogP contribution in [0.3, 0.4) is 0 Å². The first-order valence-electron chi connectivity index (χ1n) is 9.14. The van der Waals surface area contributed by atoms with E-state index >= 15 is 0 Å². The van der Waals surface area contributed by atoms with Crippen LogP contribution >= 0.6 is 0 Å². The second-order valence-electron chi connectivity index (χ2n) is 6.65. The number of aliphatic hydroxyl groups excluding tert-OH is 1. The summed E-state index contributed by atoms with van der Waals surface area (Å²) in [5.74, 6) is 0.991. The topological polar surface area (TPSA) is 75.1 Å². The number of ether oxygens (including phenoxy) is 2. The molecule has 8 heteroatoms. The van der Waals surface area contributed by atoms with Crippen molar-refractivity contribution in [2.45, 2.75) is 47.0 Å². The zero-order valence-corrected chi connectivity index (χ0v) is 16.5. The number of hydrogen-bond donors (Lipinski definition) is 3. The molecule has 0 aliphatic rings. The third-order valence-electron chi connectivity index (χ3n) is 3.45. The predicted octanol–water partition coefficient (Wildman–Crippen LogP) is 2.69. The molecular weight excluding hydrogens is 356 g/mol. The second-order valence-corrected chi connectivity index (χ2v) is 6.65. The Labute approximate surface area is 160 Å². The van der Waals surface area contributed by atoms with Gasteiger partial charge in [0.15, 0.2) is 5.96 Å². The molecule has 0 heterocycles. The summed E-state index contributed by atoms with van der Waals surface area (Å²) < 4.78 is 35.1. The molecule has 1 rings (SSSR count). The van der Waals surface area contributed by atoms with Crippen LogP contribution in [0.5, 0.6) is 5.75 Å². The number of rotatable bonds is 11. The number of benzene rings is 1. The number of nitrogens with one attached hydrogen (secondary N) is 2. The lowest BCUT2D eigenvalue weighted by molar-refractivity contribution is -0.0504. The molecule has 1 aromatic rings. The normalized spacial score (nSPS) is 13.1. The first-order chi connectivity index (χ1) is 12.8. The fraction of sp³-hybridized carbons (Fsp3) is 0.632. The van der Waals surface area contributed by atoms with Crippen molar-refractivity contribution in [3.63, 3.8) is 0 Å². The van der Waals surface area contributed by atoms with Gasteiger partial charge in [-0.1, -0.05) is 31.5 Å². The van der Waals surface area contributed by atoms with E-state index in [0.717, 1.165) is 5.56 Å². The number of guanidine groups is 1. The van der Waals surface area contributed by atoms with Crippen LogP contribution in [-0.2, 0) is 11.3 Å². The van der Waals surface area contributed by atoms with Crippen LogP contribution < -0.4 is 15.4 Å². The molecule has 1 unspecified atom stereocenters. The Balaban J connectivity index is 2.66. The molecule has 154 valence electrons. The molecule has 1 atom stereocenters. The molecule has 0 spiro atoms. The van der Waals surface area contributed by atoms with Crippen molar-refractivity contribution in [2.75, 3.05) is 26.3 Å². The zero-order chi connectivity index (χ0) is 20.2. The Bertz CT molecular complexity index is 583. The zero-order valence-electron chi connectivity index (χ0n) is 16.5. The van der Waals surface area contributed by atoms with E-state index in [1.54, 1.807) is 12.1 Å². The molecule has 0 radical (unpaired) electrons. The molecule has 0 fully saturated rings. The minimum atomic E-state index is -2.89. The smallest absolute Gasteiger partial charge is 0.387 e. The maximum atomic E-state index is 12.6. The summed E-state index contributed by atoms with van der Waals surface area (Å²) in [6.07, 6.45) is -0.677. The van der Waals surface area contributed by atoms with Crippen molar-refractivity contribution in [3.8, 4) is 5.75 Å². The Hall–Kier alpha value is -1.93. The predicted molar refractivity (Wildman–Crippen MR) is 102 cm³/mol. The van der Waals surface area contributed by atoms with E-state index < -0.39 is 12.7 Å². The van der Waals surface area contributed by atoms with Gasteiger partial charge in [0.1, 0.15) is 5.75 Å². The molecule has 0 bridgehead atoms. The summed E-state index contributed by atoms with van der Waals surface area (Å²) in [5, 5.41) is 16.0. The number of hydrogen-bond acceptors (Lipinski definition) is 4. The molecule has 0 aliphatic carbocycles. The van der Waals surface area contributed by atoms with Crippen molar-refractivity contribution in [3.05, 3.63) is 29.3 Å². The Kier molecular flexibility index (Phi) is 10.7. The van der Waals surface area contributed by atoms with Gasteiger partial charge in [0.25, 0.3) is 0 Å². The minimum Gasteiger partial charge on any atom is -0.434 e. The maximum Gasteiger partial charge on any atom is 0.387 e. The average Bonchev–Trinajstić information content (AvgIpc) is 2.58. The Morgan fingerprint density at radius 2 is 1.96 bits per heavy atom. The molecule has 3 N–H and O–H groups in total. The molecular formula is C19H31F2N3O3. The van der Waals surface area contributed by atoms with Gasteiger partial charge >= 0.3 is 6.61 Å². The molecule has 6 nitrogen and oxygen atoms in total. The van der Waals surface area contributed by atoms with Crippen LogP contribution in [0.4, 0.5) is 8.78 Å². The Morgan fingerprint density at radius 3 is 2.59 bits per heavy atom. The monoisotopic (exact) mass is 387 g/mol. The van der Waals surface area contributed by atoms with Gasteiger partial charge in [-0.3, -0.25) is 0 Å². The molecule has 1 aromatic carbocycles. The van der Waals surface area contributed by atoms with Crippen molar-refractivity contribution < 1.29 is 23.4 Å². The molecule has 0 aliphatic heterocycles. The summed E-state index contributed by atoms with van der Waals surface area (Å²) in [4.78, 5) is 4.39. The van der Waals surface area contributed by atoms with E-state index in [4.69, 9.17) is 4.74 Å². The van der Waals surface area contributed by atoms with E-state index in [1.807, 2.05) is 27.7 Å². The fourth-order valence-corrected chi connectivity index (χ4v) is 2.26.